The lowest BCUT2D eigenvalue weighted by molar-refractivity contribution is 0.0624. The van der Waals surface area contributed by atoms with Crippen LogP contribution >= 0.6 is 27.7 Å². The van der Waals surface area contributed by atoms with Gasteiger partial charge in [-0.15, -0.1) is 0 Å². The van der Waals surface area contributed by atoms with E-state index >= 15 is 0 Å². The second kappa shape index (κ2) is 5.64. The highest BCUT2D eigenvalue weighted by molar-refractivity contribution is 9.10. The third-order valence-electron chi connectivity index (χ3n) is 3.79. The van der Waals surface area contributed by atoms with Crippen molar-refractivity contribution < 1.29 is 9.84 Å². The molecule has 1 aromatic rings. The molecule has 104 valence electrons. The maximum Gasteiger partial charge on any atom is 0.138 e. The van der Waals surface area contributed by atoms with Gasteiger partial charge in [0.25, 0.3) is 0 Å². The molecule has 2 aliphatic heterocycles. The quantitative estimate of drug-likeness (QED) is 0.885. The molecule has 2 aliphatic rings. The van der Waals surface area contributed by atoms with Gasteiger partial charge in [0, 0.05) is 30.3 Å². The van der Waals surface area contributed by atoms with Crippen LogP contribution in [0.25, 0.3) is 0 Å². The number of rotatable bonds is 3. The van der Waals surface area contributed by atoms with Crippen LogP contribution in [-0.4, -0.2) is 35.4 Å². The molecule has 0 bridgehead atoms. The molecule has 2 atom stereocenters. The molecule has 19 heavy (non-hydrogen) atoms. The van der Waals surface area contributed by atoms with E-state index in [1.54, 1.807) is 0 Å². The van der Waals surface area contributed by atoms with E-state index in [-0.39, 0.29) is 6.04 Å². The monoisotopic (exact) mass is 343 g/mol. The first kappa shape index (κ1) is 13.7. The Balaban J connectivity index is 1.71. The summed E-state index contributed by atoms with van der Waals surface area (Å²) in [6, 6.07) is 6.41. The van der Waals surface area contributed by atoms with Gasteiger partial charge in [-0.25, -0.2) is 0 Å². The fourth-order valence-corrected chi connectivity index (χ4v) is 4.44. The molecule has 0 saturated carbocycles. The summed E-state index contributed by atoms with van der Waals surface area (Å²) in [5.41, 5.74) is 0.657. The lowest BCUT2D eigenvalue weighted by atomic mass is 9.98. The molecule has 0 spiro atoms. The molecule has 5 heteroatoms. The Morgan fingerprint density at radius 2 is 2.42 bits per heavy atom. The zero-order chi connectivity index (χ0) is 13.3. The van der Waals surface area contributed by atoms with Crippen LogP contribution in [0.2, 0.25) is 0 Å². The molecule has 2 unspecified atom stereocenters. The summed E-state index contributed by atoms with van der Waals surface area (Å²) in [7, 11) is 0. The predicted octanol–water partition coefficient (Wildman–Crippen LogP) is 2.73. The Morgan fingerprint density at radius 3 is 3.21 bits per heavy atom. The number of para-hydroxylation sites is 1. The van der Waals surface area contributed by atoms with Crippen molar-refractivity contribution in [2.75, 3.05) is 24.7 Å². The number of fused-ring (bicyclic) bond motifs is 1. The topological polar surface area (TPSA) is 41.5 Å². The van der Waals surface area contributed by atoms with Crippen LogP contribution in [0.4, 0.5) is 0 Å². The minimum Gasteiger partial charge on any atom is -0.492 e. The summed E-state index contributed by atoms with van der Waals surface area (Å²) >= 11 is 5.37. The normalized spacial score (nSPS) is 29.9. The number of halogens is 1. The molecule has 0 aromatic heterocycles. The van der Waals surface area contributed by atoms with Gasteiger partial charge < -0.3 is 15.2 Å². The summed E-state index contributed by atoms with van der Waals surface area (Å²) in [5.74, 6) is 2.85. The summed E-state index contributed by atoms with van der Waals surface area (Å²) in [6.45, 7) is 1.39. The van der Waals surface area contributed by atoms with Crippen LogP contribution in [-0.2, 0) is 0 Å². The average molecular weight is 344 g/mol. The Morgan fingerprint density at radius 1 is 1.53 bits per heavy atom. The summed E-state index contributed by atoms with van der Waals surface area (Å²) in [5, 5.41) is 13.9. The van der Waals surface area contributed by atoms with E-state index in [2.05, 4.69) is 27.3 Å². The van der Waals surface area contributed by atoms with Gasteiger partial charge in [0.1, 0.15) is 5.75 Å². The maximum absolute atomic E-state index is 10.4. The molecular formula is C14H18BrNO2S. The molecule has 1 aromatic carbocycles. The van der Waals surface area contributed by atoms with Crippen molar-refractivity contribution in [3.63, 3.8) is 0 Å². The van der Waals surface area contributed by atoms with Crippen molar-refractivity contribution in [1.29, 1.82) is 0 Å². The highest BCUT2D eigenvalue weighted by atomic mass is 79.9. The van der Waals surface area contributed by atoms with Gasteiger partial charge in [0.2, 0.25) is 0 Å². The Labute approximate surface area is 126 Å². The summed E-state index contributed by atoms with van der Waals surface area (Å²) in [6.07, 6.45) is 1.84. The van der Waals surface area contributed by atoms with E-state index in [1.807, 2.05) is 23.9 Å². The minimum absolute atomic E-state index is 0.274. The fourth-order valence-electron chi connectivity index (χ4n) is 2.65. The Hall–Kier alpha value is -0.230. The second-order valence-corrected chi connectivity index (χ2v) is 7.22. The molecule has 0 amide bonds. The smallest absolute Gasteiger partial charge is 0.138 e. The van der Waals surface area contributed by atoms with Crippen molar-refractivity contribution >= 4 is 27.7 Å². The fraction of sp³-hybridized carbons (Fsp3) is 0.571. The Bertz CT molecular complexity index is 463. The van der Waals surface area contributed by atoms with Crippen LogP contribution in [0.1, 0.15) is 24.4 Å². The van der Waals surface area contributed by atoms with Crippen molar-refractivity contribution in [3.8, 4) is 5.75 Å². The van der Waals surface area contributed by atoms with Crippen molar-refractivity contribution in [1.82, 2.24) is 5.32 Å². The lowest BCUT2D eigenvalue weighted by Crippen LogP contribution is -2.42. The number of ether oxygens (including phenoxy) is 1. The number of nitrogens with one attached hydrogen (secondary N) is 1. The highest BCUT2D eigenvalue weighted by Gasteiger charge is 2.33. The van der Waals surface area contributed by atoms with Gasteiger partial charge in [-0.2, -0.15) is 11.8 Å². The van der Waals surface area contributed by atoms with Gasteiger partial charge in [-0.05, 0) is 34.2 Å². The molecule has 1 fully saturated rings. The number of thioether (sulfide) groups is 1. The number of aliphatic hydroxyl groups is 1. The lowest BCUT2D eigenvalue weighted by Gasteiger charge is -2.30. The maximum atomic E-state index is 10.4. The van der Waals surface area contributed by atoms with Gasteiger partial charge in [-0.3, -0.25) is 0 Å². The zero-order valence-electron chi connectivity index (χ0n) is 10.7. The van der Waals surface area contributed by atoms with E-state index in [1.165, 1.54) is 5.56 Å². The third-order valence-corrected chi connectivity index (χ3v) is 5.64. The molecule has 1 saturated heterocycles. The van der Waals surface area contributed by atoms with Crippen LogP contribution < -0.4 is 10.1 Å². The van der Waals surface area contributed by atoms with Crippen molar-refractivity contribution in [2.45, 2.75) is 24.5 Å². The first-order chi connectivity index (χ1) is 9.18. The van der Waals surface area contributed by atoms with Gasteiger partial charge in [0.05, 0.1) is 16.7 Å². The first-order valence-corrected chi connectivity index (χ1v) is 8.57. The zero-order valence-corrected chi connectivity index (χ0v) is 13.1. The second-order valence-electron chi connectivity index (χ2n) is 5.26. The molecule has 3 rings (SSSR count). The highest BCUT2D eigenvalue weighted by Crippen LogP contribution is 2.38. The third kappa shape index (κ3) is 2.94. The molecule has 0 aliphatic carbocycles. The van der Waals surface area contributed by atoms with Crippen molar-refractivity contribution in [2.24, 2.45) is 0 Å². The summed E-state index contributed by atoms with van der Waals surface area (Å²) in [4.78, 5) is 0. The first-order valence-electron chi connectivity index (χ1n) is 6.63. The average Bonchev–Trinajstić information content (AvgIpc) is 2.84. The van der Waals surface area contributed by atoms with Gasteiger partial charge in [0.15, 0.2) is 0 Å². The van der Waals surface area contributed by atoms with E-state index in [0.29, 0.717) is 6.54 Å². The minimum atomic E-state index is -0.533. The SMILES string of the molecule is OC1(CNC2CCOc3c(Br)cccc32)CCSC1. The number of hydrogen-bond acceptors (Lipinski definition) is 4. The van der Waals surface area contributed by atoms with E-state index in [0.717, 1.165) is 41.2 Å². The van der Waals surface area contributed by atoms with E-state index < -0.39 is 5.60 Å². The van der Waals surface area contributed by atoms with Crippen molar-refractivity contribution in [3.05, 3.63) is 28.2 Å². The van der Waals surface area contributed by atoms with Crippen LogP contribution in [0.3, 0.4) is 0 Å². The Kier molecular flexibility index (Phi) is 4.08. The van der Waals surface area contributed by atoms with Gasteiger partial charge in [-0.1, -0.05) is 12.1 Å². The van der Waals surface area contributed by atoms with Crippen LogP contribution in [0.15, 0.2) is 22.7 Å². The van der Waals surface area contributed by atoms with Crippen LogP contribution in [0.5, 0.6) is 5.75 Å². The molecular weight excluding hydrogens is 326 g/mol. The standard InChI is InChI=1S/C14H18BrNO2S/c15-11-3-1-2-10-12(4-6-18-13(10)11)16-8-14(17)5-7-19-9-14/h1-3,12,16-17H,4-9H2. The predicted molar refractivity (Wildman–Crippen MR) is 81.9 cm³/mol. The van der Waals surface area contributed by atoms with E-state index in [4.69, 9.17) is 4.74 Å². The molecule has 3 nitrogen and oxygen atoms in total. The molecule has 2 heterocycles. The molecule has 0 radical (unpaired) electrons. The van der Waals surface area contributed by atoms with Crippen LogP contribution in [0, 0.1) is 0 Å². The number of benzene rings is 1. The van der Waals surface area contributed by atoms with Gasteiger partial charge >= 0.3 is 0 Å². The summed E-state index contributed by atoms with van der Waals surface area (Å²) < 4.78 is 6.73. The van der Waals surface area contributed by atoms with E-state index in [9.17, 15) is 5.11 Å². The largest absolute Gasteiger partial charge is 0.492 e. The number of hydrogen-bond donors (Lipinski definition) is 2. The molecule has 2 N–H and O–H groups in total.